The van der Waals surface area contributed by atoms with E-state index in [1.54, 1.807) is 32.4 Å². The number of nitrogens with zero attached hydrogens (tertiary/aromatic N) is 3. The minimum Gasteiger partial charge on any atom is -0.493 e. The van der Waals surface area contributed by atoms with E-state index in [4.69, 9.17) is 9.47 Å². The molecule has 0 aliphatic heterocycles. The SMILES string of the molecule is COc1ccc(NC(=O)NC2CCC(Nc3ncc(C)c(N(C)C)n3)CC2)cc1OC. The summed E-state index contributed by atoms with van der Waals surface area (Å²) < 4.78 is 10.5. The van der Waals surface area contributed by atoms with Crippen LogP contribution in [0.4, 0.5) is 22.2 Å². The first-order valence-electron chi connectivity index (χ1n) is 10.5. The number of carbonyl (C=O) groups is 1. The standard InChI is InChI=1S/C22H32N6O3/c1-14-13-23-21(27-20(14)28(2)3)24-15-6-8-16(9-7-15)25-22(29)26-17-10-11-18(30-4)19(12-17)31-5/h10-13,15-16H,6-9H2,1-5H3,(H,23,24,27)(H2,25,26,29). The largest absolute Gasteiger partial charge is 0.493 e. The molecule has 3 rings (SSSR count). The highest BCUT2D eigenvalue weighted by Gasteiger charge is 2.23. The highest BCUT2D eigenvalue weighted by Crippen LogP contribution is 2.30. The Hall–Kier alpha value is -3.23. The second-order valence-corrected chi connectivity index (χ2v) is 7.96. The van der Waals surface area contributed by atoms with Crippen LogP contribution in [0, 0.1) is 6.92 Å². The summed E-state index contributed by atoms with van der Waals surface area (Å²) in [5.41, 5.74) is 1.70. The molecule has 9 heteroatoms. The lowest BCUT2D eigenvalue weighted by atomic mass is 9.91. The molecule has 168 valence electrons. The predicted molar refractivity (Wildman–Crippen MR) is 122 cm³/mol. The molecule has 1 fully saturated rings. The molecule has 0 atom stereocenters. The Labute approximate surface area is 183 Å². The third kappa shape index (κ3) is 5.90. The van der Waals surface area contributed by atoms with E-state index in [0.29, 0.717) is 29.2 Å². The number of rotatable bonds is 7. The minimum absolute atomic E-state index is 0.134. The number of aromatic nitrogens is 2. The maximum atomic E-state index is 12.4. The predicted octanol–water partition coefficient (Wildman–Crippen LogP) is 3.41. The molecule has 1 saturated carbocycles. The molecule has 0 saturated heterocycles. The van der Waals surface area contributed by atoms with Crippen molar-refractivity contribution in [3.05, 3.63) is 30.0 Å². The topological polar surface area (TPSA) is 101 Å². The number of amides is 2. The number of benzene rings is 1. The van der Waals surface area contributed by atoms with E-state index < -0.39 is 0 Å². The molecule has 2 amide bonds. The summed E-state index contributed by atoms with van der Waals surface area (Å²) in [5, 5.41) is 9.36. The van der Waals surface area contributed by atoms with Crippen LogP contribution < -0.4 is 30.3 Å². The first kappa shape index (κ1) is 22.5. The fraction of sp³-hybridized carbons (Fsp3) is 0.500. The Kier molecular flexibility index (Phi) is 7.38. The van der Waals surface area contributed by atoms with Crippen LogP contribution in [-0.2, 0) is 0 Å². The fourth-order valence-electron chi connectivity index (χ4n) is 3.79. The second-order valence-electron chi connectivity index (χ2n) is 7.96. The lowest BCUT2D eigenvalue weighted by Crippen LogP contribution is -2.42. The molecule has 9 nitrogen and oxygen atoms in total. The fourth-order valence-corrected chi connectivity index (χ4v) is 3.79. The number of hydrogen-bond donors (Lipinski definition) is 3. The van der Waals surface area contributed by atoms with Crippen molar-refractivity contribution in [2.45, 2.75) is 44.7 Å². The summed E-state index contributed by atoms with van der Waals surface area (Å²) in [4.78, 5) is 23.4. The maximum Gasteiger partial charge on any atom is 0.319 e. The van der Waals surface area contributed by atoms with Crippen molar-refractivity contribution in [2.24, 2.45) is 0 Å². The van der Waals surface area contributed by atoms with Crippen LogP contribution in [0.15, 0.2) is 24.4 Å². The van der Waals surface area contributed by atoms with Crippen molar-refractivity contribution in [1.82, 2.24) is 15.3 Å². The van der Waals surface area contributed by atoms with Crippen LogP contribution in [0.2, 0.25) is 0 Å². The van der Waals surface area contributed by atoms with Gasteiger partial charge < -0.3 is 30.3 Å². The van der Waals surface area contributed by atoms with Crippen molar-refractivity contribution < 1.29 is 14.3 Å². The maximum absolute atomic E-state index is 12.4. The van der Waals surface area contributed by atoms with Crippen LogP contribution in [0.25, 0.3) is 0 Å². The van der Waals surface area contributed by atoms with E-state index >= 15 is 0 Å². The normalized spacial score (nSPS) is 18.1. The van der Waals surface area contributed by atoms with Crippen LogP contribution in [0.3, 0.4) is 0 Å². The number of methoxy groups -OCH3 is 2. The van der Waals surface area contributed by atoms with Gasteiger partial charge in [-0.3, -0.25) is 0 Å². The quantitative estimate of drug-likeness (QED) is 0.621. The van der Waals surface area contributed by atoms with Crippen molar-refractivity contribution in [3.8, 4) is 11.5 Å². The summed E-state index contributed by atoms with van der Waals surface area (Å²) in [7, 11) is 7.10. The average Bonchev–Trinajstić information content (AvgIpc) is 2.76. The van der Waals surface area contributed by atoms with Crippen molar-refractivity contribution in [3.63, 3.8) is 0 Å². The molecule has 0 radical (unpaired) electrons. The summed E-state index contributed by atoms with van der Waals surface area (Å²) >= 11 is 0. The Morgan fingerprint density at radius 1 is 1.06 bits per heavy atom. The number of aryl methyl sites for hydroxylation is 1. The number of anilines is 3. The molecule has 0 bridgehead atoms. The molecular weight excluding hydrogens is 396 g/mol. The van der Waals surface area contributed by atoms with Crippen LogP contribution >= 0.6 is 0 Å². The molecular formula is C22H32N6O3. The molecule has 0 spiro atoms. The van der Waals surface area contributed by atoms with Crippen LogP contribution in [-0.4, -0.2) is 56.4 Å². The smallest absolute Gasteiger partial charge is 0.319 e. The number of urea groups is 1. The summed E-state index contributed by atoms with van der Waals surface area (Å²) in [6.07, 6.45) is 5.51. The molecule has 1 heterocycles. The van der Waals surface area contributed by atoms with Gasteiger partial charge >= 0.3 is 6.03 Å². The first-order valence-corrected chi connectivity index (χ1v) is 10.5. The molecule has 1 aromatic heterocycles. The van der Waals surface area contributed by atoms with E-state index in [9.17, 15) is 4.79 Å². The molecule has 31 heavy (non-hydrogen) atoms. The van der Waals surface area contributed by atoms with Gasteiger partial charge in [-0.1, -0.05) is 0 Å². The van der Waals surface area contributed by atoms with Crippen LogP contribution in [0.5, 0.6) is 11.5 Å². The lowest BCUT2D eigenvalue weighted by molar-refractivity contribution is 0.243. The molecule has 1 aliphatic rings. The first-order chi connectivity index (χ1) is 14.9. The Morgan fingerprint density at radius 2 is 1.74 bits per heavy atom. The van der Waals surface area contributed by atoms with Gasteiger partial charge in [0.1, 0.15) is 5.82 Å². The van der Waals surface area contributed by atoms with Gasteiger partial charge in [-0.15, -0.1) is 0 Å². The van der Waals surface area contributed by atoms with E-state index in [1.807, 2.05) is 32.1 Å². The minimum atomic E-state index is -0.221. The van der Waals surface area contributed by atoms with Gasteiger partial charge in [-0.25, -0.2) is 9.78 Å². The Balaban J connectivity index is 1.48. The van der Waals surface area contributed by atoms with Crippen molar-refractivity contribution in [1.29, 1.82) is 0 Å². The van der Waals surface area contributed by atoms with E-state index in [1.165, 1.54) is 0 Å². The molecule has 0 unspecified atom stereocenters. The molecule has 2 aromatic rings. The molecule has 1 aromatic carbocycles. The van der Waals surface area contributed by atoms with Gasteiger partial charge in [0.05, 0.1) is 14.2 Å². The number of nitrogens with one attached hydrogen (secondary N) is 3. The highest BCUT2D eigenvalue weighted by atomic mass is 16.5. The number of ether oxygens (including phenoxy) is 2. The summed E-state index contributed by atoms with van der Waals surface area (Å²) in [5.74, 6) is 2.76. The van der Waals surface area contributed by atoms with E-state index in [0.717, 1.165) is 37.1 Å². The van der Waals surface area contributed by atoms with Crippen molar-refractivity contribution >= 4 is 23.5 Å². The summed E-state index contributed by atoms with van der Waals surface area (Å²) in [6, 6.07) is 5.49. The van der Waals surface area contributed by atoms with Gasteiger partial charge in [0.2, 0.25) is 5.95 Å². The van der Waals surface area contributed by atoms with Gasteiger partial charge in [0.25, 0.3) is 0 Å². The lowest BCUT2D eigenvalue weighted by Gasteiger charge is -2.30. The van der Waals surface area contributed by atoms with E-state index in [2.05, 4.69) is 25.9 Å². The summed E-state index contributed by atoms with van der Waals surface area (Å²) in [6.45, 7) is 2.00. The monoisotopic (exact) mass is 428 g/mol. The third-order valence-electron chi connectivity index (χ3n) is 5.41. The second kappa shape index (κ2) is 10.2. The highest BCUT2D eigenvalue weighted by molar-refractivity contribution is 5.89. The zero-order valence-corrected chi connectivity index (χ0v) is 18.9. The van der Waals surface area contributed by atoms with Gasteiger partial charge in [-0.2, -0.15) is 4.98 Å². The Bertz CT molecular complexity index is 897. The number of hydrogen-bond acceptors (Lipinski definition) is 7. The van der Waals surface area contributed by atoms with E-state index in [-0.39, 0.29) is 12.1 Å². The van der Waals surface area contributed by atoms with Gasteiger partial charge in [0, 0.05) is 49.7 Å². The van der Waals surface area contributed by atoms with Gasteiger partial charge in [0.15, 0.2) is 11.5 Å². The zero-order chi connectivity index (χ0) is 22.4. The van der Waals surface area contributed by atoms with Gasteiger partial charge in [-0.05, 0) is 44.7 Å². The molecule has 3 N–H and O–H groups in total. The Morgan fingerprint density at radius 3 is 2.39 bits per heavy atom. The molecule has 1 aliphatic carbocycles. The zero-order valence-electron chi connectivity index (χ0n) is 18.9. The number of carbonyl (C=O) groups excluding carboxylic acids is 1. The van der Waals surface area contributed by atoms with Crippen molar-refractivity contribution in [2.75, 3.05) is 43.8 Å². The average molecular weight is 429 g/mol. The third-order valence-corrected chi connectivity index (χ3v) is 5.41. The van der Waals surface area contributed by atoms with Crippen LogP contribution in [0.1, 0.15) is 31.2 Å².